The monoisotopic (exact) mass is 295 g/mol. The van der Waals surface area contributed by atoms with Crippen LogP contribution in [-0.4, -0.2) is 44.3 Å². The second-order valence-electron chi connectivity index (χ2n) is 5.51. The maximum absolute atomic E-state index is 11.6. The number of aliphatic carboxylic acids is 1. The molecule has 0 radical (unpaired) electrons. The largest absolute Gasteiger partial charge is 0.480 e. The van der Waals surface area contributed by atoms with Gasteiger partial charge in [-0.25, -0.2) is 4.79 Å². The fourth-order valence-electron chi connectivity index (χ4n) is 1.30. The van der Waals surface area contributed by atoms with E-state index in [1.165, 1.54) is 0 Å². The van der Waals surface area contributed by atoms with Gasteiger partial charge in [-0.3, -0.25) is 8.98 Å². The number of carbonyl (C=O) groups excluding carboxylic acids is 1. The lowest BCUT2D eigenvalue weighted by atomic mass is 9.92. The van der Waals surface area contributed by atoms with Gasteiger partial charge in [0.1, 0.15) is 6.04 Å². The number of carbonyl (C=O) groups is 2. The maximum Gasteiger partial charge on any atom is 0.326 e. The van der Waals surface area contributed by atoms with Gasteiger partial charge >= 0.3 is 5.97 Å². The minimum absolute atomic E-state index is 0.113. The van der Waals surface area contributed by atoms with Gasteiger partial charge < -0.3 is 10.4 Å². The Balaban J connectivity index is 4.35. The van der Waals surface area contributed by atoms with Crippen molar-refractivity contribution in [2.45, 2.75) is 39.7 Å². The third kappa shape index (κ3) is 10.5. The zero-order chi connectivity index (χ0) is 15.3. The van der Waals surface area contributed by atoms with Gasteiger partial charge in [-0.2, -0.15) is 8.42 Å². The van der Waals surface area contributed by atoms with Gasteiger partial charge in [-0.05, 0) is 5.41 Å². The Morgan fingerprint density at radius 2 is 1.84 bits per heavy atom. The molecule has 0 aliphatic heterocycles. The smallest absolute Gasteiger partial charge is 0.326 e. The Kier molecular flexibility index (Phi) is 6.44. The third-order valence-electron chi connectivity index (χ3n) is 2.03. The lowest BCUT2D eigenvalue weighted by Crippen LogP contribution is -2.42. The highest BCUT2D eigenvalue weighted by molar-refractivity contribution is 7.85. The van der Waals surface area contributed by atoms with E-state index in [9.17, 15) is 18.0 Å². The van der Waals surface area contributed by atoms with Gasteiger partial charge in [0.25, 0.3) is 10.1 Å². The van der Waals surface area contributed by atoms with E-state index < -0.39 is 22.1 Å². The molecule has 19 heavy (non-hydrogen) atoms. The summed E-state index contributed by atoms with van der Waals surface area (Å²) in [6, 6.07) is -1.16. The van der Waals surface area contributed by atoms with E-state index in [0.29, 0.717) is 0 Å². The lowest BCUT2D eigenvalue weighted by molar-refractivity contribution is -0.142. The van der Waals surface area contributed by atoms with E-state index in [1.807, 2.05) is 20.8 Å². The van der Waals surface area contributed by atoms with Crippen LogP contribution in [0.4, 0.5) is 0 Å². The molecule has 1 unspecified atom stereocenters. The molecular weight excluding hydrogens is 274 g/mol. The first kappa shape index (κ1) is 17.8. The predicted octanol–water partition coefficient (Wildman–Crippen LogP) is 0.358. The molecule has 7 nitrogen and oxygen atoms in total. The molecular formula is C11H21NO6S. The van der Waals surface area contributed by atoms with Gasteiger partial charge in [0.15, 0.2) is 0 Å². The number of amides is 1. The Bertz CT molecular complexity index is 423. The number of nitrogens with one attached hydrogen (secondary N) is 1. The van der Waals surface area contributed by atoms with Crippen molar-refractivity contribution in [3.63, 3.8) is 0 Å². The Morgan fingerprint density at radius 1 is 1.32 bits per heavy atom. The minimum atomic E-state index is -3.61. The zero-order valence-electron chi connectivity index (χ0n) is 11.6. The van der Waals surface area contributed by atoms with Crippen LogP contribution in [0.15, 0.2) is 0 Å². The molecule has 0 aliphatic rings. The predicted molar refractivity (Wildman–Crippen MR) is 69.1 cm³/mol. The summed E-state index contributed by atoms with van der Waals surface area (Å²) in [5.41, 5.74) is -0.254. The Morgan fingerprint density at radius 3 is 2.21 bits per heavy atom. The standard InChI is InChI=1S/C11H21NO6S/c1-11(2,3)7-9(13)12-8(10(14)15)5-6-18-19(4,16)17/h8H,5-7H2,1-4H3,(H,12,13)(H,14,15). The summed E-state index contributed by atoms with van der Waals surface area (Å²) in [6.07, 6.45) is 0.947. The van der Waals surface area contributed by atoms with Gasteiger partial charge in [-0.1, -0.05) is 20.8 Å². The number of carboxylic acids is 1. The summed E-state index contributed by atoms with van der Waals surface area (Å²) in [4.78, 5) is 22.5. The molecule has 1 atom stereocenters. The zero-order valence-corrected chi connectivity index (χ0v) is 12.4. The van der Waals surface area contributed by atoms with Crippen LogP contribution in [0.1, 0.15) is 33.6 Å². The van der Waals surface area contributed by atoms with Gasteiger partial charge in [0, 0.05) is 12.8 Å². The second kappa shape index (κ2) is 6.85. The Hall–Kier alpha value is -1.15. The van der Waals surface area contributed by atoms with Gasteiger partial charge in [0.2, 0.25) is 5.91 Å². The SMILES string of the molecule is CC(C)(C)CC(=O)NC(CCOS(C)(=O)=O)C(=O)O. The Labute approximate surface area is 113 Å². The van der Waals surface area contributed by atoms with Crippen molar-refractivity contribution >= 4 is 22.0 Å². The molecule has 1 amide bonds. The van der Waals surface area contributed by atoms with Crippen LogP contribution in [0.2, 0.25) is 0 Å². The molecule has 0 aromatic heterocycles. The summed E-state index contributed by atoms with van der Waals surface area (Å²) in [6.45, 7) is 5.28. The van der Waals surface area contributed by atoms with Crippen molar-refractivity contribution in [2.24, 2.45) is 5.41 Å². The van der Waals surface area contributed by atoms with E-state index in [2.05, 4.69) is 9.50 Å². The summed E-state index contributed by atoms with van der Waals surface area (Å²) < 4.78 is 25.9. The van der Waals surface area contributed by atoms with E-state index in [4.69, 9.17) is 5.11 Å². The van der Waals surface area contributed by atoms with Gasteiger partial charge in [0.05, 0.1) is 12.9 Å². The summed E-state index contributed by atoms with van der Waals surface area (Å²) in [7, 11) is -3.61. The fraction of sp³-hybridized carbons (Fsp3) is 0.818. The van der Waals surface area contributed by atoms with Crippen LogP contribution in [0.25, 0.3) is 0 Å². The van der Waals surface area contributed by atoms with Crippen LogP contribution in [0.5, 0.6) is 0 Å². The average Bonchev–Trinajstić information content (AvgIpc) is 2.10. The first-order valence-electron chi connectivity index (χ1n) is 5.77. The molecule has 0 fully saturated rings. The average molecular weight is 295 g/mol. The van der Waals surface area contributed by atoms with Crippen LogP contribution < -0.4 is 5.32 Å². The van der Waals surface area contributed by atoms with Crippen LogP contribution in [0, 0.1) is 5.41 Å². The molecule has 0 spiro atoms. The van der Waals surface area contributed by atoms with Crippen molar-refractivity contribution < 1.29 is 27.3 Å². The lowest BCUT2D eigenvalue weighted by Gasteiger charge is -2.20. The van der Waals surface area contributed by atoms with Gasteiger partial charge in [-0.15, -0.1) is 0 Å². The topological polar surface area (TPSA) is 110 Å². The van der Waals surface area contributed by atoms with E-state index in [0.717, 1.165) is 6.26 Å². The third-order valence-corrected chi connectivity index (χ3v) is 2.62. The van der Waals surface area contributed by atoms with Crippen molar-refractivity contribution in [3.05, 3.63) is 0 Å². The number of rotatable bonds is 7. The molecule has 0 aromatic carbocycles. The molecule has 0 saturated heterocycles. The highest BCUT2D eigenvalue weighted by atomic mass is 32.2. The fourth-order valence-corrected chi connectivity index (χ4v) is 1.70. The minimum Gasteiger partial charge on any atom is -0.480 e. The molecule has 0 rings (SSSR count). The first-order valence-corrected chi connectivity index (χ1v) is 7.59. The quantitative estimate of drug-likeness (QED) is 0.656. The summed E-state index contributed by atoms with van der Waals surface area (Å²) >= 11 is 0. The highest BCUT2D eigenvalue weighted by Gasteiger charge is 2.23. The number of carboxylic acid groups (broad SMARTS) is 1. The molecule has 2 N–H and O–H groups in total. The van der Waals surface area contributed by atoms with Crippen LogP contribution in [-0.2, 0) is 23.9 Å². The molecule has 112 valence electrons. The molecule has 0 saturated carbocycles. The number of hydrogen-bond donors (Lipinski definition) is 2. The van der Waals surface area contributed by atoms with E-state index in [1.54, 1.807) is 0 Å². The molecule has 0 heterocycles. The van der Waals surface area contributed by atoms with Crippen molar-refractivity contribution in [3.8, 4) is 0 Å². The van der Waals surface area contributed by atoms with E-state index >= 15 is 0 Å². The van der Waals surface area contributed by atoms with Crippen LogP contribution >= 0.6 is 0 Å². The van der Waals surface area contributed by atoms with Crippen LogP contribution in [0.3, 0.4) is 0 Å². The van der Waals surface area contributed by atoms with Crippen molar-refractivity contribution in [2.75, 3.05) is 12.9 Å². The molecule has 0 aromatic rings. The summed E-state index contributed by atoms with van der Waals surface area (Å²) in [5.74, 6) is -1.61. The highest BCUT2D eigenvalue weighted by Crippen LogP contribution is 2.18. The molecule has 0 bridgehead atoms. The normalized spacial score (nSPS) is 13.9. The summed E-state index contributed by atoms with van der Waals surface area (Å²) in [5, 5.41) is 11.3. The molecule has 0 aliphatic carbocycles. The van der Waals surface area contributed by atoms with E-state index in [-0.39, 0.29) is 30.8 Å². The second-order valence-corrected chi connectivity index (χ2v) is 7.15. The van der Waals surface area contributed by atoms with Crippen molar-refractivity contribution in [1.29, 1.82) is 0 Å². The van der Waals surface area contributed by atoms with Crippen molar-refractivity contribution in [1.82, 2.24) is 5.32 Å². The first-order chi connectivity index (χ1) is 8.41. The number of hydrogen-bond acceptors (Lipinski definition) is 5. The molecule has 8 heteroatoms. The maximum atomic E-state index is 11.6.